The summed E-state index contributed by atoms with van der Waals surface area (Å²) in [4.78, 5) is 0. The van der Waals surface area contributed by atoms with E-state index in [1.54, 1.807) is 0 Å². The second-order valence-electron chi connectivity index (χ2n) is 3.60. The Balaban J connectivity index is 1.80. The summed E-state index contributed by atoms with van der Waals surface area (Å²) in [7, 11) is 0. The maximum atomic E-state index is 5.52. The summed E-state index contributed by atoms with van der Waals surface area (Å²) in [6, 6.07) is 0. The number of nitrogens with one attached hydrogen (secondary N) is 1. The Bertz CT molecular complexity index is 130. The van der Waals surface area contributed by atoms with Crippen molar-refractivity contribution in [3.63, 3.8) is 0 Å². The highest BCUT2D eigenvalue weighted by Crippen LogP contribution is 2.14. The first-order valence-corrected chi connectivity index (χ1v) is 5.36. The van der Waals surface area contributed by atoms with E-state index in [0.29, 0.717) is 6.10 Å². The van der Waals surface area contributed by atoms with Crippen LogP contribution >= 0.6 is 0 Å². The lowest BCUT2D eigenvalue weighted by molar-refractivity contribution is 0.104. The van der Waals surface area contributed by atoms with E-state index >= 15 is 0 Å². The van der Waals surface area contributed by atoms with Crippen LogP contribution in [-0.4, -0.2) is 25.8 Å². The number of unbranched alkanes of at least 4 members (excludes halogenated alkanes) is 1. The van der Waals surface area contributed by atoms with Gasteiger partial charge in [0.15, 0.2) is 0 Å². The van der Waals surface area contributed by atoms with Crippen LogP contribution in [-0.2, 0) is 4.74 Å². The van der Waals surface area contributed by atoms with Crippen LogP contribution in [0.1, 0.15) is 32.1 Å². The summed E-state index contributed by atoms with van der Waals surface area (Å²) < 4.78 is 5.52. The summed E-state index contributed by atoms with van der Waals surface area (Å²) in [5.74, 6) is 0. The molecule has 0 amide bonds. The molecule has 2 nitrogen and oxygen atoms in total. The van der Waals surface area contributed by atoms with Gasteiger partial charge in [0, 0.05) is 6.61 Å². The minimum Gasteiger partial charge on any atom is -0.378 e. The third-order valence-corrected chi connectivity index (χ3v) is 2.43. The summed E-state index contributed by atoms with van der Waals surface area (Å²) >= 11 is 0. The predicted octanol–water partition coefficient (Wildman–Crippen LogP) is 2.11. The van der Waals surface area contributed by atoms with E-state index in [1.165, 1.54) is 25.7 Å². The number of hydrogen-bond donors (Lipinski definition) is 1. The zero-order valence-electron chi connectivity index (χ0n) is 8.43. The van der Waals surface area contributed by atoms with Crippen LogP contribution < -0.4 is 5.32 Å². The topological polar surface area (TPSA) is 21.3 Å². The zero-order chi connectivity index (χ0) is 9.36. The molecular formula is C11H21NO. The van der Waals surface area contributed by atoms with Gasteiger partial charge in [-0.1, -0.05) is 6.08 Å². The second-order valence-corrected chi connectivity index (χ2v) is 3.60. The summed E-state index contributed by atoms with van der Waals surface area (Å²) in [5, 5.41) is 3.42. The Morgan fingerprint density at radius 2 is 2.38 bits per heavy atom. The van der Waals surface area contributed by atoms with Crippen LogP contribution in [0.15, 0.2) is 12.7 Å². The average Bonchev–Trinajstić information content (AvgIpc) is 2.63. The van der Waals surface area contributed by atoms with Crippen LogP contribution in [0, 0.1) is 0 Å². The van der Waals surface area contributed by atoms with Gasteiger partial charge >= 0.3 is 0 Å². The quantitative estimate of drug-likeness (QED) is 0.482. The lowest BCUT2D eigenvalue weighted by Gasteiger charge is -2.09. The number of hydrogen-bond acceptors (Lipinski definition) is 2. The second kappa shape index (κ2) is 7.10. The van der Waals surface area contributed by atoms with E-state index in [-0.39, 0.29) is 0 Å². The van der Waals surface area contributed by atoms with Gasteiger partial charge in [-0.05, 0) is 45.2 Å². The van der Waals surface area contributed by atoms with Crippen LogP contribution in [0.2, 0.25) is 0 Å². The van der Waals surface area contributed by atoms with E-state index in [0.717, 1.165) is 26.1 Å². The fraction of sp³-hybridized carbons (Fsp3) is 0.818. The Hall–Kier alpha value is -0.340. The molecule has 1 unspecified atom stereocenters. The molecule has 13 heavy (non-hydrogen) atoms. The fourth-order valence-electron chi connectivity index (χ4n) is 1.63. The summed E-state index contributed by atoms with van der Waals surface area (Å²) in [5.41, 5.74) is 0. The maximum absolute atomic E-state index is 5.52. The van der Waals surface area contributed by atoms with Crippen molar-refractivity contribution in [2.45, 2.75) is 38.2 Å². The molecule has 0 radical (unpaired) electrons. The van der Waals surface area contributed by atoms with Crippen molar-refractivity contribution < 1.29 is 4.74 Å². The number of allylic oxidation sites excluding steroid dienone is 1. The van der Waals surface area contributed by atoms with Crippen LogP contribution in [0.3, 0.4) is 0 Å². The van der Waals surface area contributed by atoms with Crippen LogP contribution in [0.5, 0.6) is 0 Å². The first-order chi connectivity index (χ1) is 6.43. The van der Waals surface area contributed by atoms with Crippen molar-refractivity contribution >= 4 is 0 Å². The number of rotatable bonds is 7. The third kappa shape index (κ3) is 5.06. The van der Waals surface area contributed by atoms with Gasteiger partial charge in [-0.15, -0.1) is 6.58 Å². The molecule has 0 saturated carbocycles. The van der Waals surface area contributed by atoms with Crippen molar-refractivity contribution in [2.75, 3.05) is 19.7 Å². The standard InChI is InChI=1S/C11H21NO/c1-2-3-4-8-12-9-7-11-6-5-10-13-11/h2,11-12H,1,3-10H2. The molecule has 0 aromatic rings. The highest BCUT2D eigenvalue weighted by molar-refractivity contribution is 4.68. The van der Waals surface area contributed by atoms with Crippen molar-refractivity contribution in [3.8, 4) is 0 Å². The van der Waals surface area contributed by atoms with Crippen molar-refractivity contribution in [1.29, 1.82) is 0 Å². The van der Waals surface area contributed by atoms with Crippen molar-refractivity contribution in [2.24, 2.45) is 0 Å². The average molecular weight is 183 g/mol. The predicted molar refractivity (Wildman–Crippen MR) is 55.9 cm³/mol. The van der Waals surface area contributed by atoms with E-state index in [1.807, 2.05) is 6.08 Å². The summed E-state index contributed by atoms with van der Waals surface area (Å²) in [6.07, 6.45) is 8.51. The highest BCUT2D eigenvalue weighted by atomic mass is 16.5. The highest BCUT2D eigenvalue weighted by Gasteiger charge is 2.13. The van der Waals surface area contributed by atoms with Gasteiger partial charge in [-0.25, -0.2) is 0 Å². The molecule has 0 aromatic carbocycles. The zero-order valence-corrected chi connectivity index (χ0v) is 8.43. The lowest BCUT2D eigenvalue weighted by atomic mass is 10.2. The molecule has 0 spiro atoms. The van der Waals surface area contributed by atoms with E-state index < -0.39 is 0 Å². The van der Waals surface area contributed by atoms with E-state index in [2.05, 4.69) is 11.9 Å². The van der Waals surface area contributed by atoms with Gasteiger partial charge in [0.1, 0.15) is 0 Å². The lowest BCUT2D eigenvalue weighted by Crippen LogP contribution is -2.21. The molecular weight excluding hydrogens is 162 g/mol. The molecule has 1 atom stereocenters. The first kappa shape index (κ1) is 10.7. The van der Waals surface area contributed by atoms with Crippen molar-refractivity contribution in [1.82, 2.24) is 5.32 Å². The Kier molecular flexibility index (Phi) is 5.87. The Morgan fingerprint density at radius 3 is 3.08 bits per heavy atom. The maximum Gasteiger partial charge on any atom is 0.0588 e. The molecule has 0 aliphatic carbocycles. The molecule has 1 aliphatic heterocycles. The van der Waals surface area contributed by atoms with E-state index in [4.69, 9.17) is 4.74 Å². The molecule has 1 fully saturated rings. The first-order valence-electron chi connectivity index (χ1n) is 5.36. The molecule has 0 aromatic heterocycles. The van der Waals surface area contributed by atoms with Gasteiger partial charge in [0.25, 0.3) is 0 Å². The van der Waals surface area contributed by atoms with Gasteiger partial charge in [-0.2, -0.15) is 0 Å². The molecule has 1 N–H and O–H groups in total. The van der Waals surface area contributed by atoms with Crippen molar-refractivity contribution in [3.05, 3.63) is 12.7 Å². The monoisotopic (exact) mass is 183 g/mol. The molecule has 1 heterocycles. The summed E-state index contributed by atoms with van der Waals surface area (Å²) in [6.45, 7) is 6.88. The SMILES string of the molecule is C=CCCCNCCC1CCCO1. The molecule has 2 heteroatoms. The molecule has 1 aliphatic rings. The molecule has 1 saturated heterocycles. The van der Waals surface area contributed by atoms with Gasteiger partial charge in [-0.3, -0.25) is 0 Å². The van der Waals surface area contributed by atoms with E-state index in [9.17, 15) is 0 Å². The minimum absolute atomic E-state index is 0.534. The van der Waals surface area contributed by atoms with Gasteiger partial charge in [0.2, 0.25) is 0 Å². The normalized spacial score (nSPS) is 22.0. The molecule has 76 valence electrons. The minimum atomic E-state index is 0.534. The third-order valence-electron chi connectivity index (χ3n) is 2.43. The largest absolute Gasteiger partial charge is 0.378 e. The fourth-order valence-corrected chi connectivity index (χ4v) is 1.63. The molecule has 0 bridgehead atoms. The Morgan fingerprint density at radius 1 is 1.46 bits per heavy atom. The molecule has 1 rings (SSSR count). The van der Waals surface area contributed by atoms with Gasteiger partial charge < -0.3 is 10.1 Å². The smallest absolute Gasteiger partial charge is 0.0588 e. The van der Waals surface area contributed by atoms with Crippen LogP contribution in [0.4, 0.5) is 0 Å². The Labute approximate surface area is 81.4 Å². The number of ether oxygens (including phenoxy) is 1. The van der Waals surface area contributed by atoms with Gasteiger partial charge in [0.05, 0.1) is 6.10 Å². The van der Waals surface area contributed by atoms with Crippen LogP contribution in [0.25, 0.3) is 0 Å².